The molecule has 8 heteroatoms. The molecule has 94 valence electrons. The highest BCUT2D eigenvalue weighted by molar-refractivity contribution is 6.29. The largest absolute Gasteiger partial charge is 0.481 e. The van der Waals surface area contributed by atoms with Gasteiger partial charge in [-0.25, -0.2) is 4.98 Å². The number of nitrogens with zero attached hydrogens (tertiary/aromatic N) is 2. The van der Waals surface area contributed by atoms with Crippen LogP contribution in [0.15, 0.2) is 28.8 Å². The van der Waals surface area contributed by atoms with Crippen LogP contribution in [0.3, 0.4) is 0 Å². The zero-order chi connectivity index (χ0) is 13.0. The smallest absolute Gasteiger partial charge is 0.305 e. The average Bonchev–Trinajstić information content (AvgIpc) is 2.83. The van der Waals surface area contributed by atoms with Gasteiger partial charge in [0.2, 0.25) is 11.8 Å². The molecule has 2 aromatic rings. The van der Waals surface area contributed by atoms with E-state index in [0.29, 0.717) is 5.88 Å². The number of halogens is 1. The number of hydrogen-bond acceptors (Lipinski definition) is 6. The Labute approximate surface area is 107 Å². The second kappa shape index (κ2) is 5.37. The molecule has 0 bridgehead atoms. The van der Waals surface area contributed by atoms with Gasteiger partial charge in [-0.3, -0.25) is 15.6 Å². The number of hydrazine groups is 1. The van der Waals surface area contributed by atoms with Gasteiger partial charge in [0.1, 0.15) is 0 Å². The monoisotopic (exact) mass is 268 g/mol. The second-order valence-corrected chi connectivity index (χ2v) is 3.48. The van der Waals surface area contributed by atoms with Gasteiger partial charge in [0, 0.05) is 12.3 Å². The number of nitrogens with one attached hydrogen (secondary N) is 2. The fraction of sp³-hybridized carbons (Fsp3) is 0.100. The topological polar surface area (TPSA) is 89.3 Å². The van der Waals surface area contributed by atoms with Crippen molar-refractivity contribution in [2.75, 3.05) is 12.5 Å². The van der Waals surface area contributed by atoms with E-state index < -0.39 is 5.91 Å². The Morgan fingerprint density at radius 1 is 1.44 bits per heavy atom. The van der Waals surface area contributed by atoms with Gasteiger partial charge in [-0.05, 0) is 23.7 Å². The first-order valence-corrected chi connectivity index (χ1v) is 5.25. The lowest BCUT2D eigenvalue weighted by atomic mass is 10.4. The first kappa shape index (κ1) is 12.2. The SMILES string of the molecule is COc1ccnc(NNC(=O)c2ccc(Cl)o2)n1. The van der Waals surface area contributed by atoms with E-state index in [0.717, 1.165) is 0 Å². The molecule has 0 unspecified atom stereocenters. The van der Waals surface area contributed by atoms with Gasteiger partial charge in [-0.1, -0.05) is 0 Å². The zero-order valence-corrected chi connectivity index (χ0v) is 10.1. The van der Waals surface area contributed by atoms with Gasteiger partial charge in [-0.2, -0.15) is 4.98 Å². The standard InChI is InChI=1S/C10H9ClN4O3/c1-17-8-4-5-12-10(13-8)15-14-9(16)6-2-3-7(11)18-6/h2-5H,1H3,(H,14,16)(H,12,13,15). The van der Waals surface area contributed by atoms with E-state index in [9.17, 15) is 4.79 Å². The summed E-state index contributed by atoms with van der Waals surface area (Å²) in [6.07, 6.45) is 1.49. The predicted molar refractivity (Wildman–Crippen MR) is 63.4 cm³/mol. The maximum Gasteiger partial charge on any atom is 0.305 e. The zero-order valence-electron chi connectivity index (χ0n) is 9.31. The molecule has 2 aromatic heterocycles. The molecule has 0 aliphatic carbocycles. The first-order chi connectivity index (χ1) is 8.69. The van der Waals surface area contributed by atoms with E-state index in [1.165, 1.54) is 25.4 Å². The minimum Gasteiger partial charge on any atom is -0.481 e. The third kappa shape index (κ3) is 2.89. The molecular weight excluding hydrogens is 260 g/mol. The summed E-state index contributed by atoms with van der Waals surface area (Å²) in [6, 6.07) is 4.50. The van der Waals surface area contributed by atoms with Crippen LogP contribution in [-0.4, -0.2) is 23.0 Å². The summed E-state index contributed by atoms with van der Waals surface area (Å²) in [5.74, 6) is 0.159. The number of carbonyl (C=O) groups excluding carboxylic acids is 1. The van der Waals surface area contributed by atoms with Crippen LogP contribution in [0.25, 0.3) is 0 Å². The molecule has 0 fully saturated rings. The molecule has 7 nitrogen and oxygen atoms in total. The van der Waals surface area contributed by atoms with Crippen molar-refractivity contribution in [3.8, 4) is 5.88 Å². The number of carbonyl (C=O) groups is 1. The summed E-state index contributed by atoms with van der Waals surface area (Å²) < 4.78 is 9.84. The van der Waals surface area contributed by atoms with Crippen molar-refractivity contribution in [3.63, 3.8) is 0 Å². The van der Waals surface area contributed by atoms with Gasteiger partial charge in [-0.15, -0.1) is 0 Å². The van der Waals surface area contributed by atoms with Crippen LogP contribution in [0.1, 0.15) is 10.6 Å². The van der Waals surface area contributed by atoms with Crippen molar-refractivity contribution in [1.29, 1.82) is 0 Å². The molecular formula is C10H9ClN4O3. The van der Waals surface area contributed by atoms with Crippen LogP contribution in [0.4, 0.5) is 5.95 Å². The number of anilines is 1. The normalized spacial score (nSPS) is 9.89. The highest BCUT2D eigenvalue weighted by atomic mass is 35.5. The van der Waals surface area contributed by atoms with Crippen molar-refractivity contribution >= 4 is 23.5 Å². The maximum atomic E-state index is 11.6. The van der Waals surface area contributed by atoms with Crippen molar-refractivity contribution in [3.05, 3.63) is 35.4 Å². The third-order valence-electron chi connectivity index (χ3n) is 1.92. The Balaban J connectivity index is 1.97. The molecule has 0 radical (unpaired) electrons. The molecule has 0 saturated heterocycles. The average molecular weight is 269 g/mol. The molecule has 0 aromatic carbocycles. The number of aromatic nitrogens is 2. The lowest BCUT2D eigenvalue weighted by Gasteiger charge is -2.05. The van der Waals surface area contributed by atoms with Gasteiger partial charge in [0.25, 0.3) is 0 Å². The van der Waals surface area contributed by atoms with E-state index in [-0.39, 0.29) is 16.9 Å². The van der Waals surface area contributed by atoms with Gasteiger partial charge < -0.3 is 9.15 Å². The highest BCUT2D eigenvalue weighted by Gasteiger charge is 2.10. The van der Waals surface area contributed by atoms with Crippen LogP contribution in [0.2, 0.25) is 5.22 Å². The lowest BCUT2D eigenvalue weighted by molar-refractivity contribution is 0.0935. The van der Waals surface area contributed by atoms with Crippen LogP contribution >= 0.6 is 11.6 Å². The number of rotatable bonds is 4. The predicted octanol–water partition coefficient (Wildman–Crippen LogP) is 1.49. The highest BCUT2D eigenvalue weighted by Crippen LogP contribution is 2.12. The molecule has 0 saturated carbocycles. The van der Waals surface area contributed by atoms with Crippen LogP contribution in [-0.2, 0) is 0 Å². The van der Waals surface area contributed by atoms with E-state index in [2.05, 4.69) is 20.8 Å². The van der Waals surface area contributed by atoms with Crippen molar-refractivity contribution < 1.29 is 13.9 Å². The molecule has 1 amide bonds. The molecule has 0 aliphatic rings. The van der Waals surface area contributed by atoms with Crippen molar-refractivity contribution in [2.45, 2.75) is 0 Å². The Kier molecular flexibility index (Phi) is 3.63. The molecule has 18 heavy (non-hydrogen) atoms. The van der Waals surface area contributed by atoms with E-state index in [1.807, 2.05) is 0 Å². The number of methoxy groups -OCH3 is 1. The minimum atomic E-state index is -0.492. The first-order valence-electron chi connectivity index (χ1n) is 4.88. The van der Waals surface area contributed by atoms with Crippen LogP contribution < -0.4 is 15.6 Å². The third-order valence-corrected chi connectivity index (χ3v) is 2.13. The summed E-state index contributed by atoms with van der Waals surface area (Å²) >= 11 is 5.55. The van der Waals surface area contributed by atoms with E-state index in [1.54, 1.807) is 6.07 Å². The summed E-state index contributed by atoms with van der Waals surface area (Å²) in [6.45, 7) is 0. The summed E-state index contributed by atoms with van der Waals surface area (Å²) in [5, 5.41) is 0.137. The Morgan fingerprint density at radius 2 is 2.28 bits per heavy atom. The molecule has 0 atom stereocenters. The number of furan rings is 1. The van der Waals surface area contributed by atoms with Crippen molar-refractivity contribution in [2.24, 2.45) is 0 Å². The Hall–Kier alpha value is -2.28. The fourth-order valence-corrected chi connectivity index (χ4v) is 1.27. The molecule has 0 aliphatic heterocycles. The number of amides is 1. The number of ether oxygens (including phenoxy) is 1. The fourth-order valence-electron chi connectivity index (χ4n) is 1.13. The molecule has 2 heterocycles. The number of hydrogen-bond donors (Lipinski definition) is 2. The van der Waals surface area contributed by atoms with E-state index >= 15 is 0 Å². The molecule has 2 N–H and O–H groups in total. The van der Waals surface area contributed by atoms with Crippen LogP contribution in [0.5, 0.6) is 5.88 Å². The quantitative estimate of drug-likeness (QED) is 0.817. The molecule has 0 spiro atoms. The molecule has 2 rings (SSSR count). The second-order valence-electron chi connectivity index (χ2n) is 3.11. The maximum absolute atomic E-state index is 11.6. The minimum absolute atomic E-state index is 0.0791. The van der Waals surface area contributed by atoms with Gasteiger partial charge in [0.15, 0.2) is 11.0 Å². The van der Waals surface area contributed by atoms with Crippen molar-refractivity contribution in [1.82, 2.24) is 15.4 Å². The van der Waals surface area contributed by atoms with Crippen LogP contribution in [0, 0.1) is 0 Å². The lowest BCUT2D eigenvalue weighted by Crippen LogP contribution is -2.30. The van der Waals surface area contributed by atoms with Gasteiger partial charge in [0.05, 0.1) is 7.11 Å². The Bertz CT molecular complexity index is 558. The summed E-state index contributed by atoms with van der Waals surface area (Å²) in [4.78, 5) is 19.4. The van der Waals surface area contributed by atoms with Gasteiger partial charge >= 0.3 is 5.91 Å². The Morgan fingerprint density at radius 3 is 2.94 bits per heavy atom. The van der Waals surface area contributed by atoms with E-state index in [4.69, 9.17) is 20.8 Å². The summed E-state index contributed by atoms with van der Waals surface area (Å²) in [7, 11) is 1.48. The summed E-state index contributed by atoms with van der Waals surface area (Å²) in [5.41, 5.74) is 4.88.